The number of carbonyl (C=O) groups is 2. The van der Waals surface area contributed by atoms with Gasteiger partial charge in [0.25, 0.3) is 11.8 Å². The van der Waals surface area contributed by atoms with Crippen molar-refractivity contribution in [2.45, 2.75) is 26.4 Å². The molecular weight excluding hydrogens is 420 g/mol. The van der Waals surface area contributed by atoms with Gasteiger partial charge in [-0.3, -0.25) is 15.0 Å². The summed E-state index contributed by atoms with van der Waals surface area (Å²) in [7, 11) is 1.55. The molecule has 0 radical (unpaired) electrons. The molecular formula is C22H22N2O4S2. The van der Waals surface area contributed by atoms with E-state index in [1.54, 1.807) is 37.5 Å². The number of hydrogen-bond acceptors (Lipinski definition) is 6. The Balaban J connectivity index is 1.77. The Morgan fingerprint density at radius 2 is 1.93 bits per heavy atom. The smallest absolute Gasteiger partial charge is 0.285 e. The highest BCUT2D eigenvalue weighted by molar-refractivity contribution is 8.26. The van der Waals surface area contributed by atoms with Crippen molar-refractivity contribution in [1.29, 1.82) is 0 Å². The molecule has 156 valence electrons. The summed E-state index contributed by atoms with van der Waals surface area (Å²) in [6.45, 7) is 4.04. The van der Waals surface area contributed by atoms with E-state index in [1.165, 1.54) is 0 Å². The normalized spacial score (nSPS) is 16.0. The van der Waals surface area contributed by atoms with Crippen LogP contribution in [-0.2, 0) is 4.79 Å². The summed E-state index contributed by atoms with van der Waals surface area (Å²) < 4.78 is 11.3. The Hall–Kier alpha value is -2.84. The summed E-state index contributed by atoms with van der Waals surface area (Å²) in [5.74, 6) is 0.513. The summed E-state index contributed by atoms with van der Waals surface area (Å²) in [6.07, 6.45) is 2.66. The van der Waals surface area contributed by atoms with Gasteiger partial charge in [0.15, 0.2) is 4.32 Å². The Labute approximate surface area is 185 Å². The van der Waals surface area contributed by atoms with E-state index in [0.717, 1.165) is 28.8 Å². The van der Waals surface area contributed by atoms with Crippen molar-refractivity contribution < 1.29 is 19.1 Å². The van der Waals surface area contributed by atoms with Crippen LogP contribution in [0.3, 0.4) is 0 Å². The van der Waals surface area contributed by atoms with Crippen molar-refractivity contribution in [3.8, 4) is 11.5 Å². The van der Waals surface area contributed by atoms with Gasteiger partial charge in [0, 0.05) is 11.1 Å². The number of nitrogens with one attached hydrogen (secondary N) is 1. The molecule has 6 nitrogen and oxygen atoms in total. The van der Waals surface area contributed by atoms with Gasteiger partial charge in [0.2, 0.25) is 0 Å². The number of methoxy groups -OCH3 is 1. The van der Waals surface area contributed by atoms with Gasteiger partial charge in [-0.25, -0.2) is 0 Å². The van der Waals surface area contributed by atoms with Crippen LogP contribution in [0.2, 0.25) is 0 Å². The zero-order valence-electron chi connectivity index (χ0n) is 16.9. The summed E-state index contributed by atoms with van der Waals surface area (Å²) >= 11 is 6.43. The number of amides is 2. The first-order valence-electron chi connectivity index (χ1n) is 9.41. The maximum absolute atomic E-state index is 12.9. The molecule has 1 N–H and O–H groups in total. The average Bonchev–Trinajstić information content (AvgIpc) is 3.02. The lowest BCUT2D eigenvalue weighted by Crippen LogP contribution is -2.44. The number of rotatable bonds is 7. The molecule has 0 unspecified atom stereocenters. The van der Waals surface area contributed by atoms with Gasteiger partial charge in [0.1, 0.15) is 11.5 Å². The molecule has 0 aliphatic carbocycles. The molecule has 8 heteroatoms. The quantitative estimate of drug-likeness (QED) is 0.506. The fraction of sp³-hybridized carbons (Fsp3) is 0.227. The third-order valence-corrected chi connectivity index (χ3v) is 5.77. The zero-order chi connectivity index (χ0) is 21.7. The van der Waals surface area contributed by atoms with E-state index in [4.69, 9.17) is 21.7 Å². The maximum atomic E-state index is 12.9. The largest absolute Gasteiger partial charge is 0.497 e. The third kappa shape index (κ3) is 5.01. The van der Waals surface area contributed by atoms with Crippen LogP contribution >= 0.6 is 24.0 Å². The van der Waals surface area contributed by atoms with Gasteiger partial charge >= 0.3 is 0 Å². The highest BCUT2D eigenvalue weighted by Crippen LogP contribution is 2.33. The monoisotopic (exact) mass is 442 g/mol. The minimum absolute atomic E-state index is 0.0536. The summed E-state index contributed by atoms with van der Waals surface area (Å²) in [6, 6.07) is 14.1. The van der Waals surface area contributed by atoms with E-state index >= 15 is 0 Å². The van der Waals surface area contributed by atoms with Crippen LogP contribution in [0.4, 0.5) is 0 Å². The van der Waals surface area contributed by atoms with Crippen molar-refractivity contribution in [3.05, 3.63) is 64.6 Å². The minimum atomic E-state index is -0.435. The Bertz CT molecular complexity index is 989. The number of carbonyl (C=O) groups excluding carboxylic acids is 2. The molecule has 0 spiro atoms. The third-order valence-electron chi connectivity index (χ3n) is 4.47. The van der Waals surface area contributed by atoms with Crippen LogP contribution < -0.4 is 14.9 Å². The van der Waals surface area contributed by atoms with Crippen LogP contribution in [0.5, 0.6) is 11.5 Å². The van der Waals surface area contributed by atoms with Crippen molar-refractivity contribution in [2.75, 3.05) is 7.11 Å². The maximum Gasteiger partial charge on any atom is 0.285 e. The predicted molar refractivity (Wildman–Crippen MR) is 122 cm³/mol. The van der Waals surface area contributed by atoms with E-state index in [0.29, 0.717) is 22.0 Å². The lowest BCUT2D eigenvalue weighted by atomic mass is 10.1. The highest BCUT2D eigenvalue weighted by Gasteiger charge is 2.34. The number of nitrogens with zero attached hydrogens (tertiary/aromatic N) is 1. The zero-order valence-corrected chi connectivity index (χ0v) is 18.5. The van der Waals surface area contributed by atoms with Crippen LogP contribution in [0.25, 0.3) is 6.08 Å². The molecule has 0 bridgehead atoms. The van der Waals surface area contributed by atoms with Crippen LogP contribution in [0.1, 0.15) is 36.2 Å². The second kappa shape index (κ2) is 9.77. The SMILES string of the molecule is CC[C@H](C)Oc1ccccc1/C=C1/SC(=S)N(NC(=O)c2ccc(OC)cc2)C1=O. The van der Waals surface area contributed by atoms with Crippen LogP contribution in [-0.4, -0.2) is 34.4 Å². The number of para-hydroxylation sites is 1. The van der Waals surface area contributed by atoms with Gasteiger partial charge in [-0.1, -0.05) is 36.9 Å². The summed E-state index contributed by atoms with van der Waals surface area (Å²) in [4.78, 5) is 25.8. The first-order valence-corrected chi connectivity index (χ1v) is 10.6. The lowest BCUT2D eigenvalue weighted by molar-refractivity contribution is -0.123. The molecule has 3 rings (SSSR count). The first kappa shape index (κ1) is 21.9. The lowest BCUT2D eigenvalue weighted by Gasteiger charge is -2.16. The van der Waals surface area contributed by atoms with Gasteiger partial charge in [0.05, 0.1) is 18.1 Å². The Morgan fingerprint density at radius 3 is 2.60 bits per heavy atom. The van der Waals surface area contributed by atoms with Crippen LogP contribution in [0.15, 0.2) is 53.4 Å². The highest BCUT2D eigenvalue weighted by atomic mass is 32.2. The molecule has 2 aromatic carbocycles. The van der Waals surface area contributed by atoms with Gasteiger partial charge in [-0.15, -0.1) is 0 Å². The molecule has 1 saturated heterocycles. The van der Waals surface area contributed by atoms with Gasteiger partial charge in [-0.05, 0) is 62.0 Å². The molecule has 30 heavy (non-hydrogen) atoms. The number of hydrogen-bond donors (Lipinski definition) is 1. The van der Waals surface area contributed by atoms with Crippen molar-refractivity contribution >= 4 is 46.2 Å². The minimum Gasteiger partial charge on any atom is -0.497 e. The molecule has 1 heterocycles. The second-order valence-corrected chi connectivity index (χ2v) is 8.24. The van der Waals surface area contributed by atoms with E-state index in [-0.39, 0.29) is 16.3 Å². The number of benzene rings is 2. The molecule has 2 amide bonds. The van der Waals surface area contributed by atoms with Gasteiger partial charge in [-0.2, -0.15) is 5.01 Å². The molecule has 2 aromatic rings. The van der Waals surface area contributed by atoms with Gasteiger partial charge < -0.3 is 9.47 Å². The van der Waals surface area contributed by atoms with Crippen LogP contribution in [0, 0.1) is 0 Å². The molecule has 0 saturated carbocycles. The topological polar surface area (TPSA) is 67.9 Å². The second-order valence-electron chi connectivity index (χ2n) is 6.56. The molecule has 1 aliphatic rings. The molecule has 1 fully saturated rings. The standard InChI is InChI=1S/C22H22N2O4S2/c1-4-14(2)28-18-8-6-5-7-16(18)13-19-21(26)24(22(29)30-19)23-20(25)15-9-11-17(27-3)12-10-15/h5-14H,4H2,1-3H3,(H,23,25)/b19-13+/t14-/m0/s1. The number of thioether (sulfide) groups is 1. The molecule has 0 aromatic heterocycles. The number of thiocarbonyl (C=S) groups is 1. The van der Waals surface area contributed by atoms with E-state index in [1.807, 2.05) is 38.1 Å². The summed E-state index contributed by atoms with van der Waals surface area (Å²) in [5, 5.41) is 1.09. The molecule has 1 aliphatic heterocycles. The fourth-order valence-corrected chi connectivity index (χ4v) is 3.79. The number of hydrazine groups is 1. The fourth-order valence-electron chi connectivity index (χ4n) is 2.62. The van der Waals surface area contributed by atoms with Crippen molar-refractivity contribution in [2.24, 2.45) is 0 Å². The van der Waals surface area contributed by atoms with Crippen molar-refractivity contribution in [3.63, 3.8) is 0 Å². The Kier molecular flexibility index (Phi) is 7.12. The van der Waals surface area contributed by atoms with E-state index in [2.05, 4.69) is 5.43 Å². The summed E-state index contributed by atoms with van der Waals surface area (Å²) in [5.41, 5.74) is 3.74. The number of ether oxygens (including phenoxy) is 2. The predicted octanol–water partition coefficient (Wildman–Crippen LogP) is 4.42. The van der Waals surface area contributed by atoms with E-state index in [9.17, 15) is 9.59 Å². The van der Waals surface area contributed by atoms with E-state index < -0.39 is 5.91 Å². The first-order chi connectivity index (χ1) is 14.4. The average molecular weight is 443 g/mol. The molecule has 1 atom stereocenters. The Morgan fingerprint density at radius 1 is 1.23 bits per heavy atom. The van der Waals surface area contributed by atoms with Crippen molar-refractivity contribution in [1.82, 2.24) is 10.4 Å².